The Kier molecular flexibility index (Phi) is 5.04. The number of amides is 4. The van der Waals surface area contributed by atoms with E-state index in [1.165, 1.54) is 49.8 Å². The van der Waals surface area contributed by atoms with Crippen molar-refractivity contribution in [2.45, 2.75) is 89.6 Å². The molecule has 1 aromatic carbocycles. The van der Waals surface area contributed by atoms with Gasteiger partial charge in [-0.05, 0) is 99.7 Å². The van der Waals surface area contributed by atoms with Crippen LogP contribution in [0.5, 0.6) is 0 Å². The van der Waals surface area contributed by atoms with Crippen LogP contribution in [-0.4, -0.2) is 34.8 Å². The van der Waals surface area contributed by atoms with Gasteiger partial charge < -0.3 is 10.6 Å². The van der Waals surface area contributed by atoms with Gasteiger partial charge in [0, 0.05) is 17.8 Å². The molecule has 1 atom stereocenters. The zero-order valence-corrected chi connectivity index (χ0v) is 19.6. The Labute approximate surface area is 195 Å². The van der Waals surface area contributed by atoms with E-state index in [4.69, 9.17) is 0 Å². The fourth-order valence-corrected chi connectivity index (χ4v) is 8.23. The van der Waals surface area contributed by atoms with Gasteiger partial charge in [0.1, 0.15) is 0 Å². The summed E-state index contributed by atoms with van der Waals surface area (Å²) in [6.45, 7) is 2.17. The number of hydrogen-bond acceptors (Lipinski definition) is 3. The van der Waals surface area contributed by atoms with Gasteiger partial charge >= 0.3 is 6.03 Å². The van der Waals surface area contributed by atoms with Gasteiger partial charge in [-0.1, -0.05) is 19.3 Å². The lowest BCUT2D eigenvalue weighted by molar-refractivity contribution is -0.0679. The number of fused-ring (bicyclic) bond motifs is 1. The van der Waals surface area contributed by atoms with Crippen LogP contribution in [0.1, 0.15) is 98.3 Å². The lowest BCUT2D eigenvalue weighted by atomic mass is 9.48. The van der Waals surface area contributed by atoms with E-state index in [1.807, 2.05) is 0 Å². The fraction of sp³-hybridized carbons (Fsp3) is 0.667. The van der Waals surface area contributed by atoms with Crippen LogP contribution in [0.3, 0.4) is 0 Å². The quantitative estimate of drug-likeness (QED) is 0.609. The van der Waals surface area contributed by atoms with Crippen molar-refractivity contribution in [1.82, 2.24) is 10.2 Å². The highest BCUT2D eigenvalue weighted by molar-refractivity contribution is 6.22. The van der Waals surface area contributed by atoms with Crippen molar-refractivity contribution in [1.29, 1.82) is 0 Å². The molecule has 2 N–H and O–H groups in total. The first kappa shape index (κ1) is 21.2. The third kappa shape index (κ3) is 3.57. The molecule has 7 rings (SSSR count). The van der Waals surface area contributed by atoms with Crippen LogP contribution in [0.4, 0.5) is 10.5 Å². The van der Waals surface area contributed by atoms with Crippen LogP contribution >= 0.6 is 0 Å². The van der Waals surface area contributed by atoms with Crippen molar-refractivity contribution in [3.05, 3.63) is 29.3 Å². The molecule has 0 saturated heterocycles. The second-order valence-electron chi connectivity index (χ2n) is 11.6. The van der Waals surface area contributed by atoms with E-state index in [0.717, 1.165) is 43.4 Å². The Morgan fingerprint density at radius 1 is 0.939 bits per heavy atom. The molecular weight excluding hydrogens is 414 g/mol. The number of anilines is 1. The normalized spacial score (nSPS) is 33.8. The SMILES string of the molecule is CC(NC(=O)Nc1ccc2c(c1)C(=O)N(C1CCCCC1)C2=O)C12CC3CC(CC(C3)C1)C2. The van der Waals surface area contributed by atoms with Crippen LogP contribution in [0.15, 0.2) is 18.2 Å². The van der Waals surface area contributed by atoms with Crippen LogP contribution in [0, 0.1) is 23.2 Å². The van der Waals surface area contributed by atoms with Crippen molar-refractivity contribution in [3.8, 4) is 0 Å². The summed E-state index contributed by atoms with van der Waals surface area (Å²) in [6.07, 6.45) is 13.0. The summed E-state index contributed by atoms with van der Waals surface area (Å²) in [5, 5.41) is 6.15. The standard InChI is InChI=1S/C27H35N3O3/c1-16(27-13-17-9-18(14-27)11-19(10-17)15-27)28-26(33)29-20-7-8-22-23(12-20)25(32)30(24(22)31)21-5-3-2-4-6-21/h7-8,12,16-19,21H,2-6,9-11,13-15H2,1H3,(H2,28,29,33). The van der Waals surface area contributed by atoms with Gasteiger partial charge in [-0.15, -0.1) is 0 Å². The van der Waals surface area contributed by atoms with Crippen molar-refractivity contribution in [3.63, 3.8) is 0 Å². The highest BCUT2D eigenvalue weighted by Crippen LogP contribution is 2.61. The Balaban J connectivity index is 1.13. The smallest absolute Gasteiger partial charge is 0.319 e. The molecule has 6 aliphatic rings. The number of hydrogen-bond donors (Lipinski definition) is 2. The average molecular weight is 450 g/mol. The van der Waals surface area contributed by atoms with Crippen LogP contribution < -0.4 is 10.6 Å². The van der Waals surface area contributed by atoms with Gasteiger partial charge in [0.05, 0.1) is 11.1 Å². The van der Waals surface area contributed by atoms with E-state index in [-0.39, 0.29) is 35.3 Å². The Bertz CT molecular complexity index is 961. The molecule has 4 amide bonds. The number of rotatable bonds is 4. The lowest BCUT2D eigenvalue weighted by Gasteiger charge is -2.59. The van der Waals surface area contributed by atoms with Crippen molar-refractivity contribution in [2.24, 2.45) is 23.2 Å². The number of nitrogens with zero attached hydrogens (tertiary/aromatic N) is 1. The first-order chi connectivity index (χ1) is 15.9. The minimum absolute atomic E-state index is 0.00647. The molecule has 6 heteroatoms. The molecular formula is C27H35N3O3. The van der Waals surface area contributed by atoms with Crippen LogP contribution in [-0.2, 0) is 0 Å². The maximum atomic E-state index is 13.1. The summed E-state index contributed by atoms with van der Waals surface area (Å²) in [4.78, 5) is 40.3. The fourth-order valence-electron chi connectivity index (χ4n) is 8.23. The zero-order chi connectivity index (χ0) is 22.7. The molecule has 0 spiro atoms. The second-order valence-corrected chi connectivity index (χ2v) is 11.6. The van der Waals surface area contributed by atoms with Gasteiger partial charge in [-0.2, -0.15) is 0 Å². The molecule has 33 heavy (non-hydrogen) atoms. The molecule has 1 heterocycles. The predicted octanol–water partition coefficient (Wildman–Crippen LogP) is 5.34. The summed E-state index contributed by atoms with van der Waals surface area (Å²) >= 11 is 0. The third-order valence-electron chi connectivity index (χ3n) is 9.47. The van der Waals surface area contributed by atoms with E-state index in [9.17, 15) is 14.4 Å². The summed E-state index contributed by atoms with van der Waals surface area (Å²) in [5.41, 5.74) is 1.68. The number of carbonyl (C=O) groups excluding carboxylic acids is 3. The van der Waals surface area contributed by atoms with E-state index in [2.05, 4.69) is 17.6 Å². The molecule has 1 unspecified atom stereocenters. The van der Waals surface area contributed by atoms with Crippen molar-refractivity contribution < 1.29 is 14.4 Å². The summed E-state index contributed by atoms with van der Waals surface area (Å²) in [6, 6.07) is 5.02. The Morgan fingerprint density at radius 2 is 1.55 bits per heavy atom. The second kappa shape index (κ2) is 7.85. The zero-order valence-electron chi connectivity index (χ0n) is 19.6. The first-order valence-corrected chi connectivity index (χ1v) is 13.0. The minimum Gasteiger partial charge on any atom is -0.335 e. The maximum absolute atomic E-state index is 13.1. The molecule has 5 fully saturated rings. The first-order valence-electron chi connectivity index (χ1n) is 13.0. The molecule has 6 nitrogen and oxygen atoms in total. The number of benzene rings is 1. The molecule has 0 radical (unpaired) electrons. The predicted molar refractivity (Wildman–Crippen MR) is 126 cm³/mol. The molecule has 4 bridgehead atoms. The Hall–Kier alpha value is -2.37. The largest absolute Gasteiger partial charge is 0.335 e. The van der Waals surface area contributed by atoms with Crippen molar-refractivity contribution >= 4 is 23.5 Å². The monoisotopic (exact) mass is 449 g/mol. The molecule has 1 aliphatic heterocycles. The van der Waals surface area contributed by atoms with Crippen LogP contribution in [0.2, 0.25) is 0 Å². The van der Waals surface area contributed by atoms with Gasteiger partial charge in [0.25, 0.3) is 11.8 Å². The molecule has 0 aromatic heterocycles. The van der Waals surface area contributed by atoms with E-state index in [1.54, 1.807) is 18.2 Å². The molecule has 5 saturated carbocycles. The highest BCUT2D eigenvalue weighted by Gasteiger charge is 2.53. The van der Waals surface area contributed by atoms with E-state index < -0.39 is 0 Å². The summed E-state index contributed by atoms with van der Waals surface area (Å²) in [7, 11) is 0. The Morgan fingerprint density at radius 3 is 2.18 bits per heavy atom. The highest BCUT2D eigenvalue weighted by atomic mass is 16.2. The van der Waals surface area contributed by atoms with Gasteiger partial charge in [0.2, 0.25) is 0 Å². The van der Waals surface area contributed by atoms with Gasteiger partial charge in [0.15, 0.2) is 0 Å². The minimum atomic E-state index is -0.223. The molecule has 5 aliphatic carbocycles. The van der Waals surface area contributed by atoms with Gasteiger partial charge in [-0.3, -0.25) is 14.5 Å². The van der Waals surface area contributed by atoms with E-state index in [0.29, 0.717) is 16.8 Å². The lowest BCUT2D eigenvalue weighted by Crippen LogP contribution is -2.56. The average Bonchev–Trinajstić information content (AvgIpc) is 3.03. The number of carbonyl (C=O) groups is 3. The molecule has 176 valence electrons. The molecule has 1 aromatic rings. The number of nitrogens with one attached hydrogen (secondary N) is 2. The summed E-state index contributed by atoms with van der Waals surface area (Å²) in [5.74, 6) is 2.13. The van der Waals surface area contributed by atoms with Gasteiger partial charge in [-0.25, -0.2) is 4.79 Å². The topological polar surface area (TPSA) is 78.5 Å². The maximum Gasteiger partial charge on any atom is 0.319 e. The summed E-state index contributed by atoms with van der Waals surface area (Å²) < 4.78 is 0. The number of urea groups is 1. The van der Waals surface area contributed by atoms with Crippen LogP contribution in [0.25, 0.3) is 0 Å². The number of imide groups is 1. The van der Waals surface area contributed by atoms with E-state index >= 15 is 0 Å². The third-order valence-corrected chi connectivity index (χ3v) is 9.47. The van der Waals surface area contributed by atoms with Crippen molar-refractivity contribution in [2.75, 3.05) is 5.32 Å².